The molecule has 0 aliphatic rings. The Hall–Kier alpha value is -5.05. The van der Waals surface area contributed by atoms with E-state index in [0.29, 0.717) is 27.5 Å². The number of anilines is 2. The second-order valence-electron chi connectivity index (χ2n) is 11.9. The molecule has 0 saturated carbocycles. The van der Waals surface area contributed by atoms with Gasteiger partial charge in [0, 0.05) is 54.4 Å². The summed E-state index contributed by atoms with van der Waals surface area (Å²) in [5.41, 5.74) is 1.02. The molecule has 0 spiro atoms. The fourth-order valence-electron chi connectivity index (χ4n) is 4.20. The van der Waals surface area contributed by atoms with E-state index in [2.05, 4.69) is 41.3 Å². The van der Waals surface area contributed by atoms with Crippen molar-refractivity contribution in [2.45, 2.75) is 58.3 Å². The molecule has 0 saturated heterocycles. The standard InChI is InChI=1S/C34H40BrN5O9/c1-34(2,3)49-30(42)15-14-28-36-23(18-29(39-28)40(4)5)17-26(38-33(45)48-19-21-10-8-7-9-11-21)31(43)47-20-27(41)24-13-12-22(16-25(24)35)37-32(44)46-6/h7-13,16,18,26H,14-15,17,19-20H2,1-6H3,(H,37,44)(H,38,45)/t26-/m0/s1. The lowest BCUT2D eigenvalue weighted by molar-refractivity contribution is -0.154. The molecule has 2 aromatic carbocycles. The molecule has 0 aliphatic carbocycles. The number of aromatic nitrogens is 2. The maximum atomic E-state index is 13.4. The molecule has 0 aliphatic heterocycles. The van der Waals surface area contributed by atoms with Crippen LogP contribution in [0, 0.1) is 0 Å². The Labute approximate surface area is 293 Å². The minimum Gasteiger partial charge on any atom is -0.460 e. The molecule has 0 fully saturated rings. The summed E-state index contributed by atoms with van der Waals surface area (Å²) in [6, 6.07) is 13.8. The third-order valence-electron chi connectivity index (χ3n) is 6.49. The summed E-state index contributed by atoms with van der Waals surface area (Å²) >= 11 is 3.30. The fraction of sp³-hybridized carbons (Fsp3) is 0.382. The van der Waals surface area contributed by atoms with Gasteiger partial charge in [0.1, 0.15) is 29.9 Å². The minimum atomic E-state index is -1.31. The molecule has 49 heavy (non-hydrogen) atoms. The van der Waals surface area contributed by atoms with Gasteiger partial charge in [0.2, 0.25) is 5.78 Å². The highest BCUT2D eigenvalue weighted by molar-refractivity contribution is 9.10. The van der Waals surface area contributed by atoms with Crippen molar-refractivity contribution in [2.24, 2.45) is 0 Å². The van der Waals surface area contributed by atoms with E-state index in [1.165, 1.54) is 25.3 Å². The minimum absolute atomic E-state index is 0.0283. The summed E-state index contributed by atoms with van der Waals surface area (Å²) in [6.45, 7) is 4.63. The van der Waals surface area contributed by atoms with E-state index in [-0.39, 0.29) is 31.4 Å². The molecule has 2 N–H and O–H groups in total. The van der Waals surface area contributed by atoms with E-state index < -0.39 is 48.2 Å². The molecule has 3 rings (SSSR count). The normalized spacial score (nSPS) is 11.5. The zero-order chi connectivity index (χ0) is 36.1. The molecule has 1 atom stereocenters. The number of nitrogens with zero attached hydrogens (tertiary/aromatic N) is 3. The number of hydrogen-bond acceptors (Lipinski definition) is 12. The maximum absolute atomic E-state index is 13.4. The third kappa shape index (κ3) is 13.2. The number of ether oxygens (including phenoxy) is 4. The number of carbonyl (C=O) groups excluding carboxylic acids is 5. The molecule has 262 valence electrons. The van der Waals surface area contributed by atoms with Gasteiger partial charge in [0.25, 0.3) is 0 Å². The van der Waals surface area contributed by atoms with Crippen LogP contribution in [-0.4, -0.2) is 79.3 Å². The number of hydrogen-bond donors (Lipinski definition) is 2. The molecular formula is C34H40BrN5O9. The highest BCUT2D eigenvalue weighted by atomic mass is 79.9. The van der Waals surface area contributed by atoms with Gasteiger partial charge in [-0.3, -0.25) is 14.9 Å². The average Bonchev–Trinajstić information content (AvgIpc) is 3.04. The number of methoxy groups -OCH3 is 1. The van der Waals surface area contributed by atoms with Crippen molar-refractivity contribution in [1.29, 1.82) is 0 Å². The van der Waals surface area contributed by atoms with Crippen molar-refractivity contribution in [1.82, 2.24) is 15.3 Å². The van der Waals surface area contributed by atoms with Crippen LogP contribution in [0.5, 0.6) is 0 Å². The van der Waals surface area contributed by atoms with Crippen molar-refractivity contribution in [2.75, 3.05) is 38.0 Å². The summed E-state index contributed by atoms with van der Waals surface area (Å²) in [5, 5.41) is 5.02. The number of Topliss-reactive ketones (excluding diaryl/α,β-unsaturated/α-hetero) is 1. The predicted molar refractivity (Wildman–Crippen MR) is 183 cm³/mol. The number of benzene rings is 2. The number of nitrogens with one attached hydrogen (secondary N) is 2. The Morgan fingerprint density at radius 3 is 2.29 bits per heavy atom. The SMILES string of the molecule is COC(=O)Nc1ccc(C(=O)COC(=O)[C@H](Cc2cc(N(C)C)nc(CCC(=O)OC(C)(C)C)n2)NC(=O)OCc2ccccc2)c(Br)c1. The number of aryl methyl sites for hydroxylation is 1. The number of carbonyl (C=O) groups is 5. The van der Waals surface area contributed by atoms with Crippen molar-refractivity contribution < 1.29 is 42.9 Å². The second kappa shape index (κ2) is 17.9. The van der Waals surface area contributed by atoms with Crippen molar-refractivity contribution >= 4 is 57.3 Å². The zero-order valence-corrected chi connectivity index (χ0v) is 29.8. The quantitative estimate of drug-likeness (QED) is 0.128. The van der Waals surface area contributed by atoms with Gasteiger partial charge in [-0.15, -0.1) is 0 Å². The van der Waals surface area contributed by atoms with Gasteiger partial charge in [-0.05, 0) is 60.5 Å². The van der Waals surface area contributed by atoms with Crippen molar-refractivity contribution in [3.63, 3.8) is 0 Å². The van der Waals surface area contributed by atoms with Crippen LogP contribution in [0.2, 0.25) is 0 Å². The molecule has 0 unspecified atom stereocenters. The first-order chi connectivity index (χ1) is 23.1. The van der Waals surface area contributed by atoms with Crippen LogP contribution in [0.25, 0.3) is 0 Å². The first-order valence-electron chi connectivity index (χ1n) is 15.2. The highest BCUT2D eigenvalue weighted by Crippen LogP contribution is 2.23. The lowest BCUT2D eigenvalue weighted by Crippen LogP contribution is -2.44. The van der Waals surface area contributed by atoms with E-state index in [4.69, 9.17) is 14.2 Å². The molecule has 1 heterocycles. The van der Waals surface area contributed by atoms with Gasteiger partial charge in [-0.25, -0.2) is 24.4 Å². The number of rotatable bonds is 14. The van der Waals surface area contributed by atoms with E-state index >= 15 is 0 Å². The summed E-state index contributed by atoms with van der Waals surface area (Å²) in [4.78, 5) is 73.9. The summed E-state index contributed by atoms with van der Waals surface area (Å²) < 4.78 is 21.0. The first kappa shape index (κ1) is 38.4. The Bertz CT molecular complexity index is 1640. The molecule has 15 heteroatoms. The Balaban J connectivity index is 1.79. The smallest absolute Gasteiger partial charge is 0.411 e. The number of esters is 2. The fourth-order valence-corrected chi connectivity index (χ4v) is 4.80. The monoisotopic (exact) mass is 741 g/mol. The largest absolute Gasteiger partial charge is 0.460 e. The van der Waals surface area contributed by atoms with Gasteiger partial charge < -0.3 is 29.2 Å². The molecule has 0 radical (unpaired) electrons. The molecule has 2 amide bonds. The maximum Gasteiger partial charge on any atom is 0.411 e. The van der Waals surface area contributed by atoms with Crippen LogP contribution in [0.4, 0.5) is 21.1 Å². The number of amides is 2. The summed E-state index contributed by atoms with van der Waals surface area (Å²) in [5.74, 6) is -1.03. The zero-order valence-electron chi connectivity index (χ0n) is 28.2. The lowest BCUT2D eigenvalue weighted by Gasteiger charge is -2.20. The van der Waals surface area contributed by atoms with Gasteiger partial charge in [0.15, 0.2) is 6.61 Å². The van der Waals surface area contributed by atoms with Crippen LogP contribution >= 0.6 is 15.9 Å². The summed E-state index contributed by atoms with van der Waals surface area (Å²) in [7, 11) is 4.77. The predicted octanol–water partition coefficient (Wildman–Crippen LogP) is 5.02. The Morgan fingerprint density at radius 2 is 1.65 bits per heavy atom. The van der Waals surface area contributed by atoms with E-state index in [9.17, 15) is 24.0 Å². The van der Waals surface area contributed by atoms with E-state index in [1.807, 2.05) is 6.07 Å². The van der Waals surface area contributed by atoms with Gasteiger partial charge >= 0.3 is 24.1 Å². The topological polar surface area (TPSA) is 175 Å². The van der Waals surface area contributed by atoms with Crippen LogP contribution in [0.3, 0.4) is 0 Å². The lowest BCUT2D eigenvalue weighted by atomic mass is 10.1. The van der Waals surface area contributed by atoms with E-state index in [0.717, 1.165) is 5.56 Å². The number of ketones is 1. The second-order valence-corrected chi connectivity index (χ2v) is 12.8. The Morgan fingerprint density at radius 1 is 0.939 bits per heavy atom. The number of alkyl carbamates (subject to hydrolysis) is 1. The van der Waals surface area contributed by atoms with Crippen LogP contribution in [0.1, 0.15) is 54.6 Å². The van der Waals surface area contributed by atoms with Gasteiger partial charge in [-0.2, -0.15) is 0 Å². The van der Waals surface area contributed by atoms with Crippen molar-refractivity contribution in [3.05, 3.63) is 81.7 Å². The van der Waals surface area contributed by atoms with Crippen LogP contribution < -0.4 is 15.5 Å². The van der Waals surface area contributed by atoms with Gasteiger partial charge in [0.05, 0.1) is 13.5 Å². The van der Waals surface area contributed by atoms with Crippen LogP contribution in [0.15, 0.2) is 59.1 Å². The molecule has 1 aromatic heterocycles. The average molecular weight is 743 g/mol. The van der Waals surface area contributed by atoms with Crippen LogP contribution in [-0.2, 0) is 48.0 Å². The molecule has 14 nitrogen and oxygen atoms in total. The number of halogens is 1. The van der Waals surface area contributed by atoms with E-state index in [1.54, 1.807) is 70.1 Å². The molecule has 0 bridgehead atoms. The Kier molecular flexibility index (Phi) is 14.0. The first-order valence-corrected chi connectivity index (χ1v) is 16.0. The summed E-state index contributed by atoms with van der Waals surface area (Å²) in [6.07, 6.45) is -1.52. The van der Waals surface area contributed by atoms with Gasteiger partial charge in [-0.1, -0.05) is 30.3 Å². The third-order valence-corrected chi connectivity index (χ3v) is 7.15. The highest BCUT2D eigenvalue weighted by Gasteiger charge is 2.27. The molecule has 3 aromatic rings. The molecular weight excluding hydrogens is 702 g/mol. The van der Waals surface area contributed by atoms with Crippen molar-refractivity contribution in [3.8, 4) is 0 Å².